The number of aliphatic carboxylic acids is 1. The molecule has 0 bridgehead atoms. The molecule has 1 atom stereocenters. The zero-order valence-electron chi connectivity index (χ0n) is 10.3. The molecule has 0 radical (unpaired) electrons. The zero-order valence-corrected chi connectivity index (χ0v) is 10.3. The number of hydrogen-bond donors (Lipinski definition) is 1. The van der Waals surface area contributed by atoms with Crippen LogP contribution in [0.15, 0.2) is 0 Å². The molecule has 1 rings (SSSR count). The Balaban J connectivity index is 2.41. The van der Waals surface area contributed by atoms with Gasteiger partial charge in [0.2, 0.25) is 0 Å². The van der Waals surface area contributed by atoms with Gasteiger partial charge >= 0.3 is 5.97 Å². The minimum absolute atomic E-state index is 0.0251. The lowest BCUT2D eigenvalue weighted by molar-refractivity contribution is -0.138. The molecular weight excluding hydrogens is 206 g/mol. The molecule has 0 aromatic carbocycles. The third-order valence-electron chi connectivity index (χ3n) is 2.79. The summed E-state index contributed by atoms with van der Waals surface area (Å²) in [6.45, 7) is 7.55. The van der Waals surface area contributed by atoms with Crippen molar-refractivity contribution in [2.75, 3.05) is 19.6 Å². The Morgan fingerprint density at radius 1 is 1.38 bits per heavy atom. The highest BCUT2D eigenvalue weighted by Gasteiger charge is 2.30. The first-order valence-electron chi connectivity index (χ1n) is 5.75. The van der Waals surface area contributed by atoms with Gasteiger partial charge in [0.05, 0.1) is 6.54 Å². The van der Waals surface area contributed by atoms with Crippen molar-refractivity contribution in [1.82, 2.24) is 4.90 Å². The average molecular weight is 227 g/mol. The second kappa shape index (κ2) is 4.95. The van der Waals surface area contributed by atoms with Crippen LogP contribution in [0.5, 0.6) is 0 Å². The van der Waals surface area contributed by atoms with E-state index < -0.39 is 5.97 Å². The maximum absolute atomic E-state index is 11.9. The largest absolute Gasteiger partial charge is 0.480 e. The normalized spacial score (nSPS) is 22.3. The Labute approximate surface area is 96.6 Å². The summed E-state index contributed by atoms with van der Waals surface area (Å²) in [6, 6.07) is 0. The van der Waals surface area contributed by atoms with Crippen molar-refractivity contribution in [3.05, 3.63) is 0 Å². The molecule has 1 aliphatic heterocycles. The zero-order chi connectivity index (χ0) is 12.3. The molecule has 1 heterocycles. The highest BCUT2D eigenvalue weighted by molar-refractivity contribution is 5.82. The molecule has 1 N–H and O–H groups in total. The highest BCUT2D eigenvalue weighted by atomic mass is 16.4. The van der Waals surface area contributed by atoms with Crippen LogP contribution >= 0.6 is 0 Å². The van der Waals surface area contributed by atoms with E-state index in [4.69, 9.17) is 5.11 Å². The Bertz CT molecular complexity index is 280. The number of carbonyl (C=O) groups excluding carboxylic acids is 1. The van der Waals surface area contributed by atoms with Gasteiger partial charge in [-0.05, 0) is 18.4 Å². The first-order chi connectivity index (χ1) is 7.28. The average Bonchev–Trinajstić information content (AvgIpc) is 2.48. The van der Waals surface area contributed by atoms with Crippen molar-refractivity contribution < 1.29 is 14.7 Å². The van der Waals surface area contributed by atoms with Crippen molar-refractivity contribution >= 4 is 11.8 Å². The molecule has 1 saturated heterocycles. The van der Waals surface area contributed by atoms with Crippen LogP contribution in [0.4, 0.5) is 0 Å². The van der Waals surface area contributed by atoms with E-state index in [0.29, 0.717) is 13.0 Å². The van der Waals surface area contributed by atoms with Crippen LogP contribution in [-0.4, -0.2) is 41.4 Å². The van der Waals surface area contributed by atoms with E-state index in [1.54, 1.807) is 0 Å². The second-order valence-electron chi connectivity index (χ2n) is 5.82. The van der Waals surface area contributed by atoms with Crippen molar-refractivity contribution in [2.45, 2.75) is 33.6 Å². The summed E-state index contributed by atoms with van der Waals surface area (Å²) in [5.74, 6) is -0.497. The van der Waals surface area contributed by atoms with E-state index in [1.165, 1.54) is 0 Å². The van der Waals surface area contributed by atoms with Gasteiger partial charge in [-0.1, -0.05) is 20.8 Å². The molecule has 16 heavy (non-hydrogen) atoms. The van der Waals surface area contributed by atoms with Crippen LogP contribution in [0, 0.1) is 11.3 Å². The monoisotopic (exact) mass is 227 g/mol. The van der Waals surface area contributed by atoms with Gasteiger partial charge in [-0.3, -0.25) is 14.5 Å². The lowest BCUT2D eigenvalue weighted by Gasteiger charge is -2.19. The van der Waals surface area contributed by atoms with E-state index in [2.05, 4.69) is 20.8 Å². The molecule has 0 unspecified atom stereocenters. The van der Waals surface area contributed by atoms with Crippen molar-refractivity contribution in [2.24, 2.45) is 11.3 Å². The smallest absolute Gasteiger partial charge is 0.317 e. The Morgan fingerprint density at radius 3 is 2.50 bits per heavy atom. The van der Waals surface area contributed by atoms with Gasteiger partial charge in [0, 0.05) is 18.9 Å². The summed E-state index contributed by atoms with van der Waals surface area (Å²) >= 11 is 0. The number of Topliss-reactive ketones (excluding diaryl/α,β-unsaturated/α-hetero) is 1. The van der Waals surface area contributed by atoms with Crippen molar-refractivity contribution in [3.63, 3.8) is 0 Å². The third kappa shape index (κ3) is 4.31. The fraction of sp³-hybridized carbons (Fsp3) is 0.833. The standard InChI is InChI=1S/C12H21NO3/c1-12(2,3)6-10(14)9-4-5-13(7-9)8-11(15)16/h9H,4-8H2,1-3H3,(H,15,16)/t9-/m1/s1. The summed E-state index contributed by atoms with van der Waals surface area (Å²) < 4.78 is 0. The number of nitrogens with zero attached hydrogens (tertiary/aromatic N) is 1. The Kier molecular flexibility index (Phi) is 4.08. The molecule has 0 aliphatic carbocycles. The summed E-state index contributed by atoms with van der Waals surface area (Å²) in [5.41, 5.74) is 0.0251. The first-order valence-corrected chi connectivity index (χ1v) is 5.75. The number of rotatable bonds is 4. The van der Waals surface area contributed by atoms with Gasteiger partial charge in [0.15, 0.2) is 0 Å². The predicted molar refractivity (Wildman–Crippen MR) is 61.3 cm³/mol. The van der Waals surface area contributed by atoms with Gasteiger partial charge in [0.1, 0.15) is 5.78 Å². The topological polar surface area (TPSA) is 57.6 Å². The van der Waals surface area contributed by atoms with Crippen LogP contribution in [-0.2, 0) is 9.59 Å². The lowest BCUT2D eigenvalue weighted by atomic mass is 9.85. The van der Waals surface area contributed by atoms with E-state index in [-0.39, 0.29) is 23.7 Å². The van der Waals surface area contributed by atoms with Gasteiger partial charge in [-0.2, -0.15) is 0 Å². The Hall–Kier alpha value is -0.900. The van der Waals surface area contributed by atoms with Crippen molar-refractivity contribution in [3.8, 4) is 0 Å². The van der Waals surface area contributed by atoms with Crippen LogP contribution in [0.2, 0.25) is 0 Å². The van der Waals surface area contributed by atoms with Crippen LogP contribution in [0.1, 0.15) is 33.6 Å². The molecule has 0 spiro atoms. The van der Waals surface area contributed by atoms with E-state index in [9.17, 15) is 9.59 Å². The molecule has 4 nitrogen and oxygen atoms in total. The summed E-state index contributed by atoms with van der Waals surface area (Å²) in [5, 5.41) is 8.66. The van der Waals surface area contributed by atoms with E-state index >= 15 is 0 Å². The predicted octanol–water partition coefficient (Wildman–Crippen LogP) is 1.40. The molecular formula is C12H21NO3. The molecule has 0 aromatic heterocycles. The number of carboxylic acids is 1. The van der Waals surface area contributed by atoms with Gasteiger partial charge < -0.3 is 5.11 Å². The van der Waals surface area contributed by atoms with Gasteiger partial charge in [0.25, 0.3) is 0 Å². The minimum atomic E-state index is -0.816. The fourth-order valence-electron chi connectivity index (χ4n) is 2.10. The SMILES string of the molecule is CC(C)(C)CC(=O)[C@@H]1CCN(CC(=O)O)C1. The first kappa shape index (κ1) is 13.2. The summed E-state index contributed by atoms with van der Waals surface area (Å²) in [4.78, 5) is 24.3. The van der Waals surface area contributed by atoms with Gasteiger partial charge in [-0.25, -0.2) is 0 Å². The van der Waals surface area contributed by atoms with E-state index in [0.717, 1.165) is 13.0 Å². The lowest BCUT2D eigenvalue weighted by Crippen LogP contribution is -2.29. The quantitative estimate of drug-likeness (QED) is 0.788. The number of likely N-dealkylation sites (tertiary alicyclic amines) is 1. The van der Waals surface area contributed by atoms with E-state index in [1.807, 2.05) is 4.90 Å². The minimum Gasteiger partial charge on any atom is -0.480 e. The molecule has 0 aromatic rings. The molecule has 0 amide bonds. The van der Waals surface area contributed by atoms with Crippen LogP contribution in [0.25, 0.3) is 0 Å². The number of hydrogen-bond acceptors (Lipinski definition) is 3. The van der Waals surface area contributed by atoms with Crippen LogP contribution < -0.4 is 0 Å². The fourth-order valence-corrected chi connectivity index (χ4v) is 2.10. The molecule has 4 heteroatoms. The van der Waals surface area contributed by atoms with Crippen LogP contribution in [0.3, 0.4) is 0 Å². The highest BCUT2D eigenvalue weighted by Crippen LogP contribution is 2.25. The van der Waals surface area contributed by atoms with Gasteiger partial charge in [-0.15, -0.1) is 0 Å². The maximum atomic E-state index is 11.9. The third-order valence-corrected chi connectivity index (χ3v) is 2.79. The Morgan fingerprint density at radius 2 is 2.00 bits per heavy atom. The molecule has 0 saturated carbocycles. The second-order valence-corrected chi connectivity index (χ2v) is 5.82. The summed E-state index contributed by atoms with van der Waals surface area (Å²) in [7, 11) is 0. The summed E-state index contributed by atoms with van der Waals surface area (Å²) in [6.07, 6.45) is 1.39. The molecule has 1 aliphatic rings. The number of ketones is 1. The number of carboxylic acid groups (broad SMARTS) is 1. The number of carbonyl (C=O) groups is 2. The molecule has 1 fully saturated rings. The maximum Gasteiger partial charge on any atom is 0.317 e. The molecule has 92 valence electrons. The van der Waals surface area contributed by atoms with Crippen molar-refractivity contribution in [1.29, 1.82) is 0 Å².